The molecule has 2 rings (SSSR count). The Labute approximate surface area is 92.1 Å². The van der Waals surface area contributed by atoms with E-state index >= 15 is 0 Å². The molecule has 1 aromatic carbocycles. The van der Waals surface area contributed by atoms with Crippen LogP contribution in [0.4, 0.5) is 0 Å². The van der Waals surface area contributed by atoms with Gasteiger partial charge in [-0.1, -0.05) is 31.2 Å². The summed E-state index contributed by atoms with van der Waals surface area (Å²) in [6, 6.07) is 9.28. The van der Waals surface area contributed by atoms with Crippen molar-refractivity contribution in [2.75, 3.05) is 13.1 Å². The number of benzene rings is 1. The molecule has 0 saturated carbocycles. The second-order valence-electron chi connectivity index (χ2n) is 4.33. The first-order valence-corrected chi connectivity index (χ1v) is 5.86. The van der Waals surface area contributed by atoms with Crippen LogP contribution in [0.2, 0.25) is 0 Å². The van der Waals surface area contributed by atoms with Gasteiger partial charge in [0.15, 0.2) is 0 Å². The third-order valence-corrected chi connectivity index (χ3v) is 3.25. The summed E-state index contributed by atoms with van der Waals surface area (Å²) in [5.74, 6) is 0. The Morgan fingerprint density at radius 2 is 2.07 bits per heavy atom. The third kappa shape index (κ3) is 2.21. The van der Waals surface area contributed by atoms with Gasteiger partial charge in [0.2, 0.25) is 0 Å². The quantitative estimate of drug-likeness (QED) is 0.813. The van der Waals surface area contributed by atoms with Crippen LogP contribution < -0.4 is 5.73 Å². The SMILES string of the molecule is CCCN1Cc2ccccc2CC1CN. The molecular weight excluding hydrogens is 184 g/mol. The fourth-order valence-corrected chi connectivity index (χ4v) is 2.42. The lowest BCUT2D eigenvalue weighted by atomic mass is 9.94. The first-order valence-electron chi connectivity index (χ1n) is 5.86. The van der Waals surface area contributed by atoms with Gasteiger partial charge in [0.25, 0.3) is 0 Å². The molecule has 82 valence electrons. The molecule has 0 aliphatic carbocycles. The van der Waals surface area contributed by atoms with E-state index in [0.29, 0.717) is 6.04 Å². The van der Waals surface area contributed by atoms with Gasteiger partial charge >= 0.3 is 0 Å². The number of rotatable bonds is 3. The summed E-state index contributed by atoms with van der Waals surface area (Å²) in [5, 5.41) is 0. The van der Waals surface area contributed by atoms with Crippen LogP contribution in [0.5, 0.6) is 0 Å². The lowest BCUT2D eigenvalue weighted by molar-refractivity contribution is 0.176. The van der Waals surface area contributed by atoms with Crippen LogP contribution in [0.25, 0.3) is 0 Å². The van der Waals surface area contributed by atoms with Crippen molar-refractivity contribution in [3.8, 4) is 0 Å². The van der Waals surface area contributed by atoms with Crippen molar-refractivity contribution in [2.24, 2.45) is 5.73 Å². The highest BCUT2D eigenvalue weighted by Gasteiger charge is 2.23. The molecule has 1 aliphatic rings. The molecule has 1 aromatic rings. The molecule has 1 heterocycles. The van der Waals surface area contributed by atoms with Gasteiger partial charge < -0.3 is 5.73 Å². The smallest absolute Gasteiger partial charge is 0.0262 e. The predicted octanol–water partition coefficient (Wildman–Crippen LogP) is 1.78. The third-order valence-electron chi connectivity index (χ3n) is 3.25. The van der Waals surface area contributed by atoms with Gasteiger partial charge in [-0.25, -0.2) is 0 Å². The van der Waals surface area contributed by atoms with Crippen molar-refractivity contribution in [3.63, 3.8) is 0 Å². The second-order valence-corrected chi connectivity index (χ2v) is 4.33. The standard InChI is InChI=1S/C13H20N2/c1-2-7-15-10-12-6-4-3-5-11(12)8-13(15)9-14/h3-6,13H,2,7-10,14H2,1H3. The van der Waals surface area contributed by atoms with Crippen molar-refractivity contribution < 1.29 is 0 Å². The van der Waals surface area contributed by atoms with Gasteiger partial charge in [-0.3, -0.25) is 4.90 Å². The molecule has 0 fully saturated rings. The molecule has 0 spiro atoms. The molecule has 1 aliphatic heterocycles. The minimum Gasteiger partial charge on any atom is -0.329 e. The minimum atomic E-state index is 0.542. The van der Waals surface area contributed by atoms with E-state index in [4.69, 9.17) is 5.73 Å². The zero-order chi connectivity index (χ0) is 10.7. The van der Waals surface area contributed by atoms with E-state index in [1.54, 1.807) is 0 Å². The molecule has 2 heteroatoms. The first-order chi connectivity index (χ1) is 7.35. The molecule has 2 nitrogen and oxygen atoms in total. The average Bonchev–Trinajstić information content (AvgIpc) is 2.28. The Bertz CT molecular complexity index is 322. The van der Waals surface area contributed by atoms with Gasteiger partial charge in [0.1, 0.15) is 0 Å². The van der Waals surface area contributed by atoms with Crippen LogP contribution in [-0.4, -0.2) is 24.0 Å². The molecule has 2 N–H and O–H groups in total. The van der Waals surface area contributed by atoms with Gasteiger partial charge in [0, 0.05) is 19.1 Å². The van der Waals surface area contributed by atoms with Crippen LogP contribution in [0.3, 0.4) is 0 Å². The molecule has 0 aromatic heterocycles. The van der Waals surface area contributed by atoms with E-state index in [1.807, 2.05) is 0 Å². The molecule has 0 bridgehead atoms. The van der Waals surface area contributed by atoms with E-state index in [0.717, 1.165) is 26.1 Å². The maximum atomic E-state index is 5.84. The summed E-state index contributed by atoms with van der Waals surface area (Å²) in [6.45, 7) is 5.24. The normalized spacial score (nSPS) is 21.3. The molecule has 1 atom stereocenters. The minimum absolute atomic E-state index is 0.542. The monoisotopic (exact) mass is 204 g/mol. The van der Waals surface area contributed by atoms with Crippen LogP contribution in [0.15, 0.2) is 24.3 Å². The van der Waals surface area contributed by atoms with Crippen molar-refractivity contribution in [1.82, 2.24) is 4.90 Å². The number of nitrogens with zero attached hydrogens (tertiary/aromatic N) is 1. The number of hydrogen-bond acceptors (Lipinski definition) is 2. The summed E-state index contributed by atoms with van der Waals surface area (Å²) in [5.41, 5.74) is 8.81. The largest absolute Gasteiger partial charge is 0.329 e. The van der Waals surface area contributed by atoms with Gasteiger partial charge in [-0.2, -0.15) is 0 Å². The fraction of sp³-hybridized carbons (Fsp3) is 0.538. The van der Waals surface area contributed by atoms with E-state index in [-0.39, 0.29) is 0 Å². The molecule has 1 unspecified atom stereocenters. The molecule has 0 radical (unpaired) electrons. The Balaban J connectivity index is 2.19. The van der Waals surface area contributed by atoms with E-state index in [1.165, 1.54) is 17.5 Å². The first kappa shape index (κ1) is 10.7. The average molecular weight is 204 g/mol. The van der Waals surface area contributed by atoms with Crippen molar-refractivity contribution in [2.45, 2.75) is 32.4 Å². The Kier molecular flexibility index (Phi) is 3.39. The predicted molar refractivity (Wildman–Crippen MR) is 63.7 cm³/mol. The lowest BCUT2D eigenvalue weighted by Gasteiger charge is -2.36. The van der Waals surface area contributed by atoms with Gasteiger partial charge in [-0.05, 0) is 30.5 Å². The van der Waals surface area contributed by atoms with E-state index < -0.39 is 0 Å². The highest BCUT2D eigenvalue weighted by Crippen LogP contribution is 2.22. The van der Waals surface area contributed by atoms with Crippen LogP contribution in [-0.2, 0) is 13.0 Å². The summed E-state index contributed by atoms with van der Waals surface area (Å²) >= 11 is 0. The Morgan fingerprint density at radius 1 is 1.33 bits per heavy atom. The maximum Gasteiger partial charge on any atom is 0.0262 e. The summed E-state index contributed by atoms with van der Waals surface area (Å²) in [4.78, 5) is 2.52. The summed E-state index contributed by atoms with van der Waals surface area (Å²) in [7, 11) is 0. The van der Waals surface area contributed by atoms with Crippen LogP contribution in [0.1, 0.15) is 24.5 Å². The highest BCUT2D eigenvalue weighted by atomic mass is 15.2. The highest BCUT2D eigenvalue weighted by molar-refractivity contribution is 5.30. The number of hydrogen-bond donors (Lipinski definition) is 1. The van der Waals surface area contributed by atoms with E-state index in [2.05, 4.69) is 36.1 Å². The topological polar surface area (TPSA) is 29.3 Å². The number of nitrogens with two attached hydrogens (primary N) is 1. The zero-order valence-corrected chi connectivity index (χ0v) is 9.45. The van der Waals surface area contributed by atoms with Crippen molar-refractivity contribution >= 4 is 0 Å². The van der Waals surface area contributed by atoms with Crippen LogP contribution in [0, 0.1) is 0 Å². The molecule has 0 saturated heterocycles. The second kappa shape index (κ2) is 4.77. The van der Waals surface area contributed by atoms with Crippen molar-refractivity contribution in [3.05, 3.63) is 35.4 Å². The zero-order valence-electron chi connectivity index (χ0n) is 9.45. The fourth-order valence-electron chi connectivity index (χ4n) is 2.42. The Hall–Kier alpha value is -0.860. The summed E-state index contributed by atoms with van der Waals surface area (Å²) < 4.78 is 0. The lowest BCUT2D eigenvalue weighted by Crippen LogP contribution is -2.45. The van der Waals surface area contributed by atoms with Crippen LogP contribution >= 0.6 is 0 Å². The number of fused-ring (bicyclic) bond motifs is 1. The Morgan fingerprint density at radius 3 is 2.73 bits per heavy atom. The van der Waals surface area contributed by atoms with Gasteiger partial charge in [0.05, 0.1) is 0 Å². The van der Waals surface area contributed by atoms with E-state index in [9.17, 15) is 0 Å². The summed E-state index contributed by atoms with van der Waals surface area (Å²) in [6.07, 6.45) is 2.32. The molecule has 15 heavy (non-hydrogen) atoms. The molecule has 0 amide bonds. The molecular formula is C13H20N2. The maximum absolute atomic E-state index is 5.84. The van der Waals surface area contributed by atoms with Gasteiger partial charge in [-0.15, -0.1) is 0 Å². The van der Waals surface area contributed by atoms with Crippen molar-refractivity contribution in [1.29, 1.82) is 0 Å².